The van der Waals surface area contributed by atoms with Crippen LogP contribution in [0.3, 0.4) is 0 Å². The molecule has 0 N–H and O–H groups in total. The van der Waals surface area contributed by atoms with Crippen LogP contribution in [0, 0.1) is 6.92 Å². The molecule has 0 saturated carbocycles. The number of carbonyl (C=O) groups is 1. The second kappa shape index (κ2) is 5.90. The highest BCUT2D eigenvalue weighted by atomic mass is 16.1. The highest BCUT2D eigenvalue weighted by Crippen LogP contribution is 2.25. The third-order valence-electron chi connectivity index (χ3n) is 3.45. The third kappa shape index (κ3) is 2.74. The monoisotopic (exact) mass is 271 g/mol. The molecule has 0 radical (unpaired) electrons. The molecule has 0 aliphatic rings. The standard InChI is InChI=1S/C16H21N3O/c1-12(2)19(10-14-8-6-5-7-9-14)16-15(11-20)13(3)17-18(16)4/h5-9,11-12H,10H2,1-4H3. The minimum absolute atomic E-state index is 0.281. The maximum atomic E-state index is 11.4. The maximum Gasteiger partial charge on any atom is 0.155 e. The number of nitrogens with zero attached hydrogens (tertiary/aromatic N) is 3. The van der Waals surface area contributed by atoms with Crippen molar-refractivity contribution in [2.45, 2.75) is 33.4 Å². The van der Waals surface area contributed by atoms with E-state index in [0.717, 1.165) is 24.3 Å². The number of hydrogen-bond donors (Lipinski definition) is 0. The van der Waals surface area contributed by atoms with Crippen molar-refractivity contribution in [3.05, 3.63) is 47.2 Å². The SMILES string of the molecule is Cc1nn(C)c(N(Cc2ccccc2)C(C)C)c1C=O. The largest absolute Gasteiger partial charge is 0.349 e. The Hall–Kier alpha value is -2.10. The van der Waals surface area contributed by atoms with Crippen molar-refractivity contribution < 1.29 is 4.79 Å². The smallest absolute Gasteiger partial charge is 0.155 e. The van der Waals surface area contributed by atoms with Crippen molar-refractivity contribution in [2.24, 2.45) is 7.05 Å². The maximum absolute atomic E-state index is 11.4. The number of anilines is 1. The molecule has 106 valence electrons. The van der Waals surface area contributed by atoms with Gasteiger partial charge in [0.05, 0.1) is 11.3 Å². The van der Waals surface area contributed by atoms with Crippen molar-refractivity contribution in [1.29, 1.82) is 0 Å². The molecule has 0 saturated heterocycles. The van der Waals surface area contributed by atoms with E-state index in [2.05, 4.69) is 36.0 Å². The van der Waals surface area contributed by atoms with Gasteiger partial charge in [-0.25, -0.2) is 0 Å². The zero-order chi connectivity index (χ0) is 14.7. The van der Waals surface area contributed by atoms with Gasteiger partial charge in [-0.3, -0.25) is 9.48 Å². The molecule has 1 aromatic heterocycles. The van der Waals surface area contributed by atoms with Gasteiger partial charge in [-0.15, -0.1) is 0 Å². The third-order valence-corrected chi connectivity index (χ3v) is 3.45. The molecule has 0 aliphatic heterocycles. The van der Waals surface area contributed by atoms with Gasteiger partial charge in [0, 0.05) is 19.6 Å². The van der Waals surface area contributed by atoms with E-state index in [9.17, 15) is 4.79 Å². The molecule has 0 amide bonds. The minimum atomic E-state index is 0.281. The van der Waals surface area contributed by atoms with Crippen molar-refractivity contribution in [1.82, 2.24) is 9.78 Å². The molecule has 2 rings (SSSR count). The molecule has 0 unspecified atom stereocenters. The molecule has 0 fully saturated rings. The summed E-state index contributed by atoms with van der Waals surface area (Å²) in [5.41, 5.74) is 2.67. The summed E-state index contributed by atoms with van der Waals surface area (Å²) < 4.78 is 1.79. The van der Waals surface area contributed by atoms with Crippen molar-refractivity contribution in [3.8, 4) is 0 Å². The van der Waals surface area contributed by atoms with Crippen LogP contribution in [0.4, 0.5) is 5.82 Å². The molecule has 1 heterocycles. The van der Waals surface area contributed by atoms with Gasteiger partial charge < -0.3 is 4.90 Å². The summed E-state index contributed by atoms with van der Waals surface area (Å²) in [6, 6.07) is 10.5. The summed E-state index contributed by atoms with van der Waals surface area (Å²) in [7, 11) is 1.88. The number of carbonyl (C=O) groups excluding carboxylic acids is 1. The Kier molecular flexibility index (Phi) is 4.23. The van der Waals surface area contributed by atoms with Crippen molar-refractivity contribution >= 4 is 12.1 Å². The first-order chi connectivity index (χ1) is 9.54. The summed E-state index contributed by atoms with van der Waals surface area (Å²) in [6.07, 6.45) is 0.901. The van der Waals surface area contributed by atoms with E-state index in [1.54, 1.807) is 4.68 Å². The fourth-order valence-electron chi connectivity index (χ4n) is 2.42. The molecule has 2 aromatic rings. The van der Waals surface area contributed by atoms with Crippen LogP contribution in [-0.4, -0.2) is 22.1 Å². The molecule has 0 bridgehead atoms. The molecular weight excluding hydrogens is 250 g/mol. The number of hydrogen-bond acceptors (Lipinski definition) is 3. The number of aromatic nitrogens is 2. The Morgan fingerprint density at radius 1 is 1.30 bits per heavy atom. The highest BCUT2D eigenvalue weighted by Gasteiger charge is 2.21. The normalized spacial score (nSPS) is 10.8. The van der Waals surface area contributed by atoms with E-state index in [-0.39, 0.29) is 6.04 Å². The summed E-state index contributed by atoms with van der Waals surface area (Å²) in [6.45, 7) is 6.88. The highest BCUT2D eigenvalue weighted by molar-refractivity contribution is 5.84. The Morgan fingerprint density at radius 3 is 2.50 bits per heavy atom. The first-order valence-electron chi connectivity index (χ1n) is 6.84. The lowest BCUT2D eigenvalue weighted by atomic mass is 10.1. The van der Waals surface area contributed by atoms with Crippen molar-refractivity contribution in [3.63, 3.8) is 0 Å². The van der Waals surface area contributed by atoms with Gasteiger partial charge in [0.2, 0.25) is 0 Å². The fraction of sp³-hybridized carbons (Fsp3) is 0.375. The zero-order valence-electron chi connectivity index (χ0n) is 12.5. The molecule has 4 heteroatoms. The zero-order valence-corrected chi connectivity index (χ0v) is 12.5. The molecule has 0 spiro atoms. The Bertz CT molecular complexity index is 587. The average molecular weight is 271 g/mol. The quantitative estimate of drug-likeness (QED) is 0.785. The molecular formula is C16H21N3O. The van der Waals surface area contributed by atoms with Gasteiger partial charge in [0.15, 0.2) is 6.29 Å². The lowest BCUT2D eigenvalue weighted by molar-refractivity contribution is 0.112. The van der Waals surface area contributed by atoms with Crippen LogP contribution in [0.15, 0.2) is 30.3 Å². The van der Waals surface area contributed by atoms with Gasteiger partial charge in [0.25, 0.3) is 0 Å². The Morgan fingerprint density at radius 2 is 1.95 bits per heavy atom. The van der Waals surface area contributed by atoms with Crippen LogP contribution in [0.5, 0.6) is 0 Å². The second-order valence-corrected chi connectivity index (χ2v) is 5.27. The number of benzene rings is 1. The van der Waals surface area contributed by atoms with E-state index in [1.807, 2.05) is 32.2 Å². The number of rotatable bonds is 5. The van der Waals surface area contributed by atoms with Crippen LogP contribution in [-0.2, 0) is 13.6 Å². The van der Waals surface area contributed by atoms with E-state index in [4.69, 9.17) is 0 Å². The summed E-state index contributed by atoms with van der Waals surface area (Å²) >= 11 is 0. The minimum Gasteiger partial charge on any atom is -0.349 e. The first kappa shape index (κ1) is 14.3. The van der Waals surface area contributed by atoms with Crippen LogP contribution >= 0.6 is 0 Å². The van der Waals surface area contributed by atoms with Gasteiger partial charge in [-0.1, -0.05) is 30.3 Å². The summed E-state index contributed by atoms with van der Waals surface area (Å²) in [5.74, 6) is 0.886. The van der Waals surface area contributed by atoms with Crippen LogP contribution in [0.25, 0.3) is 0 Å². The summed E-state index contributed by atoms with van der Waals surface area (Å²) in [5, 5.41) is 4.37. The van der Waals surface area contributed by atoms with Gasteiger partial charge in [-0.05, 0) is 26.3 Å². The van der Waals surface area contributed by atoms with E-state index in [1.165, 1.54) is 5.56 Å². The second-order valence-electron chi connectivity index (χ2n) is 5.27. The predicted molar refractivity (Wildman–Crippen MR) is 81.1 cm³/mol. The predicted octanol–water partition coefficient (Wildman–Crippen LogP) is 2.96. The van der Waals surface area contributed by atoms with E-state index >= 15 is 0 Å². The topological polar surface area (TPSA) is 38.1 Å². The molecule has 4 nitrogen and oxygen atoms in total. The fourth-order valence-corrected chi connectivity index (χ4v) is 2.42. The Balaban J connectivity index is 2.42. The van der Waals surface area contributed by atoms with Gasteiger partial charge >= 0.3 is 0 Å². The molecule has 0 atom stereocenters. The van der Waals surface area contributed by atoms with Crippen LogP contribution < -0.4 is 4.90 Å². The first-order valence-corrected chi connectivity index (χ1v) is 6.84. The number of aldehydes is 1. The van der Waals surface area contributed by atoms with Gasteiger partial charge in [-0.2, -0.15) is 5.10 Å². The average Bonchev–Trinajstić information content (AvgIpc) is 2.70. The van der Waals surface area contributed by atoms with Crippen LogP contribution in [0.1, 0.15) is 35.5 Å². The van der Waals surface area contributed by atoms with Crippen molar-refractivity contribution in [2.75, 3.05) is 4.90 Å². The molecule has 0 aliphatic carbocycles. The summed E-state index contributed by atoms with van der Waals surface area (Å²) in [4.78, 5) is 13.6. The Labute approximate surface area is 120 Å². The van der Waals surface area contributed by atoms with Crippen LogP contribution in [0.2, 0.25) is 0 Å². The van der Waals surface area contributed by atoms with E-state index < -0.39 is 0 Å². The van der Waals surface area contributed by atoms with Gasteiger partial charge in [0.1, 0.15) is 5.82 Å². The van der Waals surface area contributed by atoms with E-state index in [0.29, 0.717) is 5.56 Å². The lowest BCUT2D eigenvalue weighted by Crippen LogP contribution is -2.32. The number of aryl methyl sites for hydroxylation is 2. The molecule has 20 heavy (non-hydrogen) atoms. The molecule has 1 aromatic carbocycles. The lowest BCUT2D eigenvalue weighted by Gasteiger charge is -2.29.